The van der Waals surface area contributed by atoms with E-state index in [1.54, 1.807) is 0 Å². The third-order valence-electron chi connectivity index (χ3n) is 4.60. The summed E-state index contributed by atoms with van der Waals surface area (Å²) >= 11 is 0. The Morgan fingerprint density at radius 1 is 0.667 bits per heavy atom. The molecule has 3 aliphatic heterocycles. The Balaban J connectivity index is 1.46. The van der Waals surface area contributed by atoms with Crippen molar-refractivity contribution in [2.75, 3.05) is 39.6 Å². The molecular weight excluding hydrogens is 348 g/mol. The molecule has 3 aliphatic rings. The Labute approximate surface area is 157 Å². The second kappa shape index (κ2) is 7.38. The quantitative estimate of drug-likeness (QED) is 0.599. The molecule has 0 spiro atoms. The molecule has 3 heterocycles. The lowest BCUT2D eigenvalue weighted by Crippen LogP contribution is -2.11. The number of hydrogen-bond acceptors (Lipinski definition) is 6. The lowest BCUT2D eigenvalue weighted by Gasteiger charge is -2.18. The maximum atomic E-state index is 6.04. The van der Waals surface area contributed by atoms with Gasteiger partial charge in [-0.1, -0.05) is 30.3 Å². The maximum Gasteiger partial charge on any atom is 0.203 e. The van der Waals surface area contributed by atoms with Crippen LogP contribution >= 0.6 is 0 Å². The monoisotopic (exact) mass is 370 g/mol. The Bertz CT molecular complexity index is 744. The third-order valence-corrected chi connectivity index (χ3v) is 4.60. The minimum absolute atomic E-state index is 0.151. The largest absolute Gasteiger partial charge is 0.487 e. The molecule has 6 nitrogen and oxygen atoms in total. The molecule has 0 N–H and O–H groups in total. The van der Waals surface area contributed by atoms with Gasteiger partial charge in [-0.05, 0) is 23.3 Å². The van der Waals surface area contributed by atoms with Crippen molar-refractivity contribution in [3.8, 4) is 28.4 Å². The zero-order valence-electron chi connectivity index (χ0n) is 15.0. The molecule has 0 aliphatic carbocycles. The van der Waals surface area contributed by atoms with Crippen molar-refractivity contribution < 1.29 is 28.4 Å². The molecule has 6 heteroatoms. The van der Waals surface area contributed by atoms with Crippen molar-refractivity contribution in [2.45, 2.75) is 18.3 Å². The first-order valence-corrected chi connectivity index (χ1v) is 9.32. The van der Waals surface area contributed by atoms with Crippen LogP contribution in [0.5, 0.6) is 17.2 Å². The van der Waals surface area contributed by atoms with Crippen LogP contribution in [0, 0.1) is 0 Å². The van der Waals surface area contributed by atoms with Crippen LogP contribution in [0.3, 0.4) is 0 Å². The van der Waals surface area contributed by atoms with E-state index >= 15 is 0 Å². The van der Waals surface area contributed by atoms with E-state index in [2.05, 4.69) is 12.1 Å². The topological polar surface area (TPSA) is 65.3 Å². The summed E-state index contributed by atoms with van der Waals surface area (Å²) in [7, 11) is 0. The normalized spacial score (nSPS) is 25.0. The molecule has 0 aromatic heterocycles. The van der Waals surface area contributed by atoms with Crippen molar-refractivity contribution in [3.05, 3.63) is 42.5 Å². The van der Waals surface area contributed by atoms with Gasteiger partial charge < -0.3 is 28.4 Å². The van der Waals surface area contributed by atoms with Gasteiger partial charge in [-0.3, -0.25) is 0 Å². The Kier molecular flexibility index (Phi) is 4.61. The summed E-state index contributed by atoms with van der Waals surface area (Å²) < 4.78 is 33.9. The van der Waals surface area contributed by atoms with Crippen LogP contribution in [0.2, 0.25) is 0 Å². The van der Waals surface area contributed by atoms with E-state index in [9.17, 15) is 0 Å². The lowest BCUT2D eigenvalue weighted by molar-refractivity contribution is 0.208. The first kappa shape index (κ1) is 16.9. The average molecular weight is 370 g/mol. The molecule has 0 amide bonds. The van der Waals surface area contributed by atoms with Crippen molar-refractivity contribution >= 4 is 0 Å². The van der Waals surface area contributed by atoms with Gasteiger partial charge in [0.15, 0.2) is 11.5 Å². The van der Waals surface area contributed by atoms with Gasteiger partial charge in [-0.15, -0.1) is 0 Å². The molecule has 3 fully saturated rings. The molecule has 3 saturated heterocycles. The van der Waals surface area contributed by atoms with Gasteiger partial charge in [-0.2, -0.15) is 0 Å². The Hall–Kier alpha value is -2.28. The molecule has 2 aromatic rings. The van der Waals surface area contributed by atoms with Crippen LogP contribution in [0.25, 0.3) is 11.1 Å². The average Bonchev–Trinajstić information content (AvgIpc) is 3.57. The van der Waals surface area contributed by atoms with E-state index in [1.807, 2.05) is 30.3 Å². The number of rotatable bonds is 10. The molecular formula is C21H22O6. The van der Waals surface area contributed by atoms with E-state index < -0.39 is 0 Å². The highest BCUT2D eigenvalue weighted by atomic mass is 16.6. The first-order valence-electron chi connectivity index (χ1n) is 9.32. The summed E-state index contributed by atoms with van der Waals surface area (Å²) in [6, 6.07) is 14.2. The number of hydrogen-bond donors (Lipinski definition) is 0. The van der Waals surface area contributed by atoms with Gasteiger partial charge in [0.05, 0.1) is 19.8 Å². The first-order chi connectivity index (χ1) is 13.3. The van der Waals surface area contributed by atoms with Crippen LogP contribution in [-0.2, 0) is 14.2 Å². The van der Waals surface area contributed by atoms with Crippen LogP contribution in [0.15, 0.2) is 42.5 Å². The summed E-state index contributed by atoms with van der Waals surface area (Å²) in [6.07, 6.45) is 0.474. The van der Waals surface area contributed by atoms with Gasteiger partial charge in [0, 0.05) is 0 Å². The van der Waals surface area contributed by atoms with Gasteiger partial charge in [-0.25, -0.2) is 0 Å². The molecule has 3 unspecified atom stereocenters. The summed E-state index contributed by atoms with van der Waals surface area (Å²) in [5.41, 5.74) is 2.11. The van der Waals surface area contributed by atoms with Crippen LogP contribution < -0.4 is 14.2 Å². The smallest absolute Gasteiger partial charge is 0.203 e. The number of ether oxygens (including phenoxy) is 6. The zero-order valence-corrected chi connectivity index (χ0v) is 15.0. The maximum absolute atomic E-state index is 6.04. The molecule has 27 heavy (non-hydrogen) atoms. The second-order valence-corrected chi connectivity index (χ2v) is 6.97. The van der Waals surface area contributed by atoms with Crippen molar-refractivity contribution in [1.82, 2.24) is 0 Å². The highest BCUT2D eigenvalue weighted by Crippen LogP contribution is 2.43. The molecule has 3 atom stereocenters. The van der Waals surface area contributed by atoms with E-state index in [0.29, 0.717) is 37.1 Å². The lowest BCUT2D eigenvalue weighted by atomic mass is 10.0. The van der Waals surface area contributed by atoms with Gasteiger partial charge in [0.2, 0.25) is 5.75 Å². The summed E-state index contributed by atoms with van der Waals surface area (Å²) in [4.78, 5) is 0. The Morgan fingerprint density at radius 2 is 1.15 bits per heavy atom. The van der Waals surface area contributed by atoms with E-state index in [1.165, 1.54) is 0 Å². The van der Waals surface area contributed by atoms with Crippen LogP contribution in [-0.4, -0.2) is 58.0 Å². The van der Waals surface area contributed by atoms with Crippen LogP contribution in [0.4, 0.5) is 0 Å². The zero-order chi connectivity index (χ0) is 18.1. The Morgan fingerprint density at radius 3 is 1.63 bits per heavy atom. The van der Waals surface area contributed by atoms with E-state index in [0.717, 1.165) is 30.9 Å². The van der Waals surface area contributed by atoms with Gasteiger partial charge in [0.25, 0.3) is 0 Å². The molecule has 0 radical (unpaired) electrons. The van der Waals surface area contributed by atoms with Crippen molar-refractivity contribution in [3.63, 3.8) is 0 Å². The highest BCUT2D eigenvalue weighted by molar-refractivity contribution is 5.71. The van der Waals surface area contributed by atoms with E-state index in [4.69, 9.17) is 28.4 Å². The van der Waals surface area contributed by atoms with Crippen molar-refractivity contribution in [1.29, 1.82) is 0 Å². The number of benzene rings is 2. The molecule has 2 aromatic carbocycles. The standard InChI is InChI=1S/C21H22O6/c1-2-4-14(5-3-1)15-6-19(25-11-16-8-22-16)21(27-13-18-10-24-18)20(7-15)26-12-17-9-23-17/h1-7,16-18H,8-13H2. The van der Waals surface area contributed by atoms with Crippen LogP contribution in [0.1, 0.15) is 0 Å². The van der Waals surface area contributed by atoms with Gasteiger partial charge in [0.1, 0.15) is 38.1 Å². The SMILES string of the molecule is c1ccc(-c2cc(OCC3CO3)c(OCC3CO3)c(OCC3CO3)c2)cc1. The predicted octanol–water partition coefficient (Wildman–Crippen LogP) is 2.69. The third kappa shape index (κ3) is 4.53. The molecule has 5 rings (SSSR count). The molecule has 0 bridgehead atoms. The van der Waals surface area contributed by atoms with Gasteiger partial charge >= 0.3 is 0 Å². The minimum atomic E-state index is 0.151. The second-order valence-electron chi connectivity index (χ2n) is 6.97. The highest BCUT2D eigenvalue weighted by Gasteiger charge is 2.29. The molecule has 142 valence electrons. The molecule has 0 saturated carbocycles. The minimum Gasteiger partial charge on any atom is -0.487 e. The summed E-state index contributed by atoms with van der Waals surface area (Å²) in [5.74, 6) is 1.95. The fourth-order valence-corrected chi connectivity index (χ4v) is 2.77. The fraction of sp³-hybridized carbons (Fsp3) is 0.429. The number of epoxide rings is 3. The summed E-state index contributed by atoms with van der Waals surface area (Å²) in [6.45, 7) is 3.71. The predicted molar refractivity (Wildman–Crippen MR) is 97.6 cm³/mol. The van der Waals surface area contributed by atoms with Crippen molar-refractivity contribution in [2.24, 2.45) is 0 Å². The summed E-state index contributed by atoms with van der Waals surface area (Å²) in [5, 5.41) is 0. The van der Waals surface area contributed by atoms with E-state index in [-0.39, 0.29) is 18.3 Å². The fourth-order valence-electron chi connectivity index (χ4n) is 2.77.